The predicted molar refractivity (Wildman–Crippen MR) is 140 cm³/mol. The number of nitrogen functional groups attached to an aromatic ring is 1. The molecule has 14 heteroatoms. The molecule has 0 fully saturated rings. The van der Waals surface area contributed by atoms with Crippen molar-refractivity contribution in [3.8, 4) is 0 Å². The monoisotopic (exact) mass is 525 g/mol. The van der Waals surface area contributed by atoms with Gasteiger partial charge in [-0.2, -0.15) is 0 Å². The Balaban J connectivity index is 0.00000306. The van der Waals surface area contributed by atoms with Gasteiger partial charge in [0.2, 0.25) is 0 Å². The fourth-order valence-corrected chi connectivity index (χ4v) is 3.24. The molecule has 3 aromatic heterocycles. The molecule has 0 spiro atoms. The second-order valence-corrected chi connectivity index (χ2v) is 7.59. The van der Waals surface area contributed by atoms with Crippen molar-refractivity contribution in [1.29, 1.82) is 5.41 Å². The van der Waals surface area contributed by atoms with Gasteiger partial charge in [0.05, 0.1) is 22.9 Å². The minimum atomic E-state index is -0.432. The van der Waals surface area contributed by atoms with E-state index in [2.05, 4.69) is 30.9 Å². The molecule has 3 rings (SSSR count). The number of hydrogen-bond acceptors (Lipinski definition) is 5. The molecule has 0 aromatic carbocycles. The maximum Gasteiger partial charge on any atom is 0.272 e. The fraction of sp³-hybridized carbons (Fsp3) is 0.238. The van der Waals surface area contributed by atoms with Gasteiger partial charge in [0, 0.05) is 48.2 Å². The van der Waals surface area contributed by atoms with E-state index in [0.717, 1.165) is 0 Å². The minimum Gasteiger partial charge on any atom is -0.397 e. The third-order valence-corrected chi connectivity index (χ3v) is 5.32. The molecular formula is C21H29Cl2N9O3. The summed E-state index contributed by atoms with van der Waals surface area (Å²) in [6.07, 6.45) is 4.84. The number of nitrogens with two attached hydrogens (primary N) is 2. The number of aromatic amines is 3. The van der Waals surface area contributed by atoms with E-state index in [1.165, 1.54) is 12.4 Å². The van der Waals surface area contributed by atoms with Crippen LogP contribution in [0.1, 0.15) is 54.6 Å². The van der Waals surface area contributed by atoms with Crippen LogP contribution in [0.15, 0.2) is 18.6 Å². The molecule has 3 heterocycles. The summed E-state index contributed by atoms with van der Waals surface area (Å²) < 4.78 is 0. The summed E-state index contributed by atoms with van der Waals surface area (Å²) in [6.45, 7) is 5.37. The number of nitrogens with one attached hydrogen (secondary N) is 7. The van der Waals surface area contributed by atoms with Crippen LogP contribution >= 0.6 is 24.8 Å². The maximum absolute atomic E-state index is 12.8. The van der Waals surface area contributed by atoms with Crippen molar-refractivity contribution in [1.82, 2.24) is 20.3 Å². The Morgan fingerprint density at radius 1 is 0.800 bits per heavy atom. The first-order valence-corrected chi connectivity index (χ1v) is 10.1. The van der Waals surface area contributed by atoms with Gasteiger partial charge in [-0.25, -0.2) is 0 Å². The summed E-state index contributed by atoms with van der Waals surface area (Å²) in [5.74, 6) is -1.19. The standard InChI is InChI=1S/C21H27N9O3.2ClH/c1-9-12(22)6-26-16(9)20(32)29-14-8-28-18(11(14)3)21(33)30-13-7-27-17(10(13)2)19(31)25-5-4-15(23)24;;/h6-8,26-28H,4-5,22H2,1-3H3,(H3,23,24)(H,25,31)(H,29,32)(H,30,33);2*1H. The van der Waals surface area contributed by atoms with E-state index in [4.69, 9.17) is 16.9 Å². The number of rotatable bonds is 8. The van der Waals surface area contributed by atoms with Crippen LogP contribution in [-0.4, -0.2) is 45.1 Å². The number of hydrogen-bond donors (Lipinski definition) is 9. The van der Waals surface area contributed by atoms with E-state index >= 15 is 0 Å². The molecule has 190 valence electrons. The predicted octanol–water partition coefficient (Wildman–Crippen LogP) is 2.58. The van der Waals surface area contributed by atoms with Crippen LogP contribution in [0.5, 0.6) is 0 Å². The Bertz CT molecular complexity index is 1240. The molecule has 0 unspecified atom stereocenters. The number of carbonyl (C=O) groups is 3. The van der Waals surface area contributed by atoms with Crippen LogP contribution in [0.4, 0.5) is 17.1 Å². The van der Waals surface area contributed by atoms with Crippen molar-refractivity contribution in [3.05, 3.63) is 52.4 Å². The second kappa shape index (κ2) is 12.0. The van der Waals surface area contributed by atoms with Gasteiger partial charge in [0.15, 0.2) is 0 Å². The fourth-order valence-electron chi connectivity index (χ4n) is 3.24. The summed E-state index contributed by atoms with van der Waals surface area (Å²) in [4.78, 5) is 46.2. The van der Waals surface area contributed by atoms with Crippen molar-refractivity contribution >= 4 is 65.4 Å². The Morgan fingerprint density at radius 3 is 1.66 bits per heavy atom. The van der Waals surface area contributed by atoms with Crippen LogP contribution in [-0.2, 0) is 0 Å². The van der Waals surface area contributed by atoms with Crippen molar-refractivity contribution in [3.63, 3.8) is 0 Å². The van der Waals surface area contributed by atoms with Gasteiger partial charge < -0.3 is 42.4 Å². The van der Waals surface area contributed by atoms with E-state index < -0.39 is 5.91 Å². The number of halogens is 2. The third kappa shape index (κ3) is 6.37. The number of H-pyrrole nitrogens is 3. The van der Waals surface area contributed by atoms with Crippen molar-refractivity contribution in [2.24, 2.45) is 5.73 Å². The van der Waals surface area contributed by atoms with Crippen molar-refractivity contribution in [2.45, 2.75) is 27.2 Å². The van der Waals surface area contributed by atoms with Crippen LogP contribution in [0.3, 0.4) is 0 Å². The molecule has 0 aliphatic rings. The molecule has 0 saturated carbocycles. The molecular weight excluding hydrogens is 497 g/mol. The molecule has 0 atom stereocenters. The average Bonchev–Trinajstić information content (AvgIpc) is 3.40. The van der Waals surface area contributed by atoms with E-state index in [1.54, 1.807) is 27.0 Å². The number of aromatic nitrogens is 3. The molecule has 0 bridgehead atoms. The summed E-state index contributed by atoms with van der Waals surface area (Å²) in [5, 5.41) is 15.4. The zero-order valence-electron chi connectivity index (χ0n) is 19.3. The van der Waals surface area contributed by atoms with E-state index in [9.17, 15) is 14.4 Å². The van der Waals surface area contributed by atoms with Crippen LogP contribution in [0.2, 0.25) is 0 Å². The number of amidine groups is 1. The molecule has 0 saturated heterocycles. The first-order valence-electron chi connectivity index (χ1n) is 10.1. The first-order chi connectivity index (χ1) is 15.6. The lowest BCUT2D eigenvalue weighted by molar-refractivity contribution is 0.0948. The van der Waals surface area contributed by atoms with Gasteiger partial charge in [0.1, 0.15) is 17.1 Å². The summed E-state index contributed by atoms with van der Waals surface area (Å²) in [6, 6.07) is 0. The number of amides is 3. The van der Waals surface area contributed by atoms with Crippen molar-refractivity contribution in [2.75, 3.05) is 22.9 Å². The van der Waals surface area contributed by atoms with Crippen LogP contribution in [0.25, 0.3) is 0 Å². The third-order valence-electron chi connectivity index (χ3n) is 5.32. The SMILES string of the molecule is Cc1c(N)c[nH]c1C(=O)Nc1c[nH]c(C(=O)Nc2c[nH]c(C(=O)NCCC(=N)N)c2C)c1C.Cl.Cl. The first kappa shape index (κ1) is 29.1. The van der Waals surface area contributed by atoms with Gasteiger partial charge >= 0.3 is 0 Å². The van der Waals surface area contributed by atoms with E-state index in [-0.39, 0.29) is 61.1 Å². The highest BCUT2D eigenvalue weighted by atomic mass is 35.5. The summed E-state index contributed by atoms with van der Waals surface area (Å²) >= 11 is 0. The Hall–Kier alpha value is -3.90. The Labute approximate surface area is 213 Å². The Kier molecular flexibility index (Phi) is 9.98. The van der Waals surface area contributed by atoms with Crippen LogP contribution in [0, 0.1) is 26.2 Å². The second-order valence-electron chi connectivity index (χ2n) is 7.59. The zero-order valence-corrected chi connectivity index (χ0v) is 21.0. The summed E-state index contributed by atoms with van der Waals surface area (Å²) in [7, 11) is 0. The maximum atomic E-state index is 12.8. The normalized spacial score (nSPS) is 10.0. The van der Waals surface area contributed by atoms with Gasteiger partial charge in [-0.1, -0.05) is 0 Å². The van der Waals surface area contributed by atoms with E-state index in [0.29, 0.717) is 45.1 Å². The molecule has 3 amide bonds. The quantitative estimate of drug-likeness (QED) is 0.160. The summed E-state index contributed by atoms with van der Waals surface area (Å²) in [5.41, 5.74) is 15.1. The zero-order chi connectivity index (χ0) is 24.3. The lowest BCUT2D eigenvalue weighted by Crippen LogP contribution is -2.28. The van der Waals surface area contributed by atoms with E-state index in [1.807, 2.05) is 0 Å². The Morgan fingerprint density at radius 2 is 1.23 bits per heavy atom. The molecule has 0 aliphatic heterocycles. The lowest BCUT2D eigenvalue weighted by Gasteiger charge is -2.07. The van der Waals surface area contributed by atoms with Gasteiger partial charge in [-0.15, -0.1) is 24.8 Å². The molecule has 3 aromatic rings. The minimum absolute atomic E-state index is 0. The van der Waals surface area contributed by atoms with Crippen molar-refractivity contribution < 1.29 is 14.4 Å². The molecule has 0 radical (unpaired) electrons. The highest BCUT2D eigenvalue weighted by molar-refractivity contribution is 6.09. The van der Waals surface area contributed by atoms with Crippen LogP contribution < -0.4 is 27.4 Å². The van der Waals surface area contributed by atoms with Gasteiger partial charge in [0.25, 0.3) is 17.7 Å². The topological polar surface area (TPSA) is 211 Å². The lowest BCUT2D eigenvalue weighted by atomic mass is 10.2. The number of anilines is 3. The highest BCUT2D eigenvalue weighted by Gasteiger charge is 2.21. The molecule has 11 N–H and O–H groups in total. The molecule has 0 aliphatic carbocycles. The number of carbonyl (C=O) groups excluding carboxylic acids is 3. The van der Waals surface area contributed by atoms with Gasteiger partial charge in [-0.05, 0) is 20.8 Å². The average molecular weight is 526 g/mol. The molecule has 35 heavy (non-hydrogen) atoms. The van der Waals surface area contributed by atoms with Gasteiger partial charge in [-0.3, -0.25) is 19.8 Å². The highest BCUT2D eigenvalue weighted by Crippen LogP contribution is 2.24. The molecule has 12 nitrogen and oxygen atoms in total. The smallest absolute Gasteiger partial charge is 0.272 e. The largest absolute Gasteiger partial charge is 0.397 e.